The highest BCUT2D eigenvalue weighted by Gasteiger charge is 2.30. The lowest BCUT2D eigenvalue weighted by Crippen LogP contribution is -2.50. The zero-order valence-corrected chi connectivity index (χ0v) is 24.0. The first-order chi connectivity index (χ1) is 18.9. The Morgan fingerprint density at radius 1 is 1.05 bits per heavy atom. The third-order valence-corrected chi connectivity index (χ3v) is 6.67. The van der Waals surface area contributed by atoms with Gasteiger partial charge in [0.15, 0.2) is 0 Å². The second-order valence-corrected chi connectivity index (χ2v) is 10.6. The van der Waals surface area contributed by atoms with Crippen LogP contribution >= 0.6 is 0 Å². The smallest absolute Gasteiger partial charge is 0.273 e. The highest BCUT2D eigenvalue weighted by Crippen LogP contribution is 2.23. The van der Waals surface area contributed by atoms with Crippen molar-refractivity contribution in [3.8, 4) is 5.75 Å². The number of methoxy groups -OCH3 is 2. The van der Waals surface area contributed by atoms with Crippen LogP contribution < -0.4 is 4.74 Å². The molecule has 214 valence electrons. The molecule has 0 aliphatic carbocycles. The van der Waals surface area contributed by atoms with Crippen LogP contribution in [0, 0.1) is 17.0 Å². The van der Waals surface area contributed by atoms with Crippen molar-refractivity contribution in [3.63, 3.8) is 0 Å². The lowest BCUT2D eigenvalue weighted by Gasteiger charge is -2.37. The third kappa shape index (κ3) is 7.69. The minimum Gasteiger partial charge on any atom is -0.497 e. The Kier molecular flexibility index (Phi) is 10.1. The number of hydrogen-bond acceptors (Lipinski definition) is 6. The number of aromatic nitrogens is 1. The Labute approximate surface area is 235 Å². The van der Waals surface area contributed by atoms with Gasteiger partial charge in [0.2, 0.25) is 5.91 Å². The zero-order valence-electron chi connectivity index (χ0n) is 24.0. The van der Waals surface area contributed by atoms with E-state index in [1.807, 2.05) is 63.4 Å². The van der Waals surface area contributed by atoms with Crippen LogP contribution in [0.4, 0.5) is 5.69 Å². The van der Waals surface area contributed by atoms with Crippen molar-refractivity contribution in [2.45, 2.75) is 46.3 Å². The van der Waals surface area contributed by atoms with E-state index < -0.39 is 16.4 Å². The van der Waals surface area contributed by atoms with Crippen molar-refractivity contribution in [2.24, 2.45) is 0 Å². The quantitative estimate of drug-likeness (QED) is 0.239. The van der Waals surface area contributed by atoms with Crippen molar-refractivity contribution in [1.29, 1.82) is 0 Å². The highest BCUT2D eigenvalue weighted by molar-refractivity contribution is 5.97. The Balaban J connectivity index is 1.84. The van der Waals surface area contributed by atoms with Crippen LogP contribution in [0.2, 0.25) is 0 Å². The van der Waals surface area contributed by atoms with Gasteiger partial charge in [-0.15, -0.1) is 0 Å². The van der Waals surface area contributed by atoms with Crippen LogP contribution in [0.5, 0.6) is 5.75 Å². The van der Waals surface area contributed by atoms with Crippen molar-refractivity contribution in [3.05, 3.63) is 93.3 Å². The first kappa shape index (κ1) is 30.4. The van der Waals surface area contributed by atoms with E-state index in [9.17, 15) is 19.7 Å². The summed E-state index contributed by atoms with van der Waals surface area (Å²) in [4.78, 5) is 41.2. The summed E-state index contributed by atoms with van der Waals surface area (Å²) >= 11 is 0. The van der Waals surface area contributed by atoms with Crippen molar-refractivity contribution in [1.82, 2.24) is 14.4 Å². The molecule has 0 spiro atoms. The Hall–Kier alpha value is -4.18. The van der Waals surface area contributed by atoms with Crippen molar-refractivity contribution < 1.29 is 24.0 Å². The number of rotatable bonds is 12. The normalized spacial score (nSPS) is 11.2. The van der Waals surface area contributed by atoms with E-state index in [-0.39, 0.29) is 36.9 Å². The summed E-state index contributed by atoms with van der Waals surface area (Å²) in [5, 5.41) is 11.4. The van der Waals surface area contributed by atoms with E-state index in [4.69, 9.17) is 9.47 Å². The molecule has 0 atom stereocenters. The van der Waals surface area contributed by atoms with Crippen LogP contribution in [0.1, 0.15) is 48.0 Å². The van der Waals surface area contributed by atoms with Crippen molar-refractivity contribution in [2.75, 3.05) is 33.9 Å². The van der Waals surface area contributed by atoms with E-state index in [0.717, 1.165) is 17.0 Å². The molecule has 0 saturated carbocycles. The minimum atomic E-state index is -0.541. The molecular weight excluding hydrogens is 512 g/mol. The first-order valence-corrected chi connectivity index (χ1v) is 13.0. The fourth-order valence-electron chi connectivity index (χ4n) is 4.40. The number of ether oxygens (including phenoxy) is 2. The van der Waals surface area contributed by atoms with Gasteiger partial charge < -0.3 is 23.8 Å². The summed E-state index contributed by atoms with van der Waals surface area (Å²) in [6.45, 7) is 8.58. The molecule has 1 heterocycles. The predicted octanol–water partition coefficient (Wildman–Crippen LogP) is 4.68. The Bertz CT molecular complexity index is 1340. The van der Waals surface area contributed by atoms with Gasteiger partial charge >= 0.3 is 0 Å². The molecule has 0 radical (unpaired) electrons. The minimum absolute atomic E-state index is 0.142. The average Bonchev–Trinajstić information content (AvgIpc) is 3.35. The summed E-state index contributed by atoms with van der Waals surface area (Å²) in [5.41, 5.74) is 1.93. The molecule has 0 saturated heterocycles. The van der Waals surface area contributed by atoms with Gasteiger partial charge in [0.25, 0.3) is 11.6 Å². The van der Waals surface area contributed by atoms with E-state index in [0.29, 0.717) is 18.7 Å². The fraction of sp³-hybridized carbons (Fsp3) is 0.400. The highest BCUT2D eigenvalue weighted by atomic mass is 16.6. The molecule has 3 aromatic rings. The Morgan fingerprint density at radius 2 is 1.80 bits per heavy atom. The van der Waals surface area contributed by atoms with E-state index in [1.54, 1.807) is 31.1 Å². The number of carbonyl (C=O) groups is 2. The third-order valence-electron chi connectivity index (χ3n) is 6.67. The topological polar surface area (TPSA) is 107 Å². The molecule has 0 bridgehead atoms. The number of aryl methyl sites for hydroxylation is 1. The van der Waals surface area contributed by atoms with Gasteiger partial charge in [-0.25, -0.2) is 0 Å². The lowest BCUT2D eigenvalue weighted by atomic mass is 10.0. The number of benzene rings is 2. The molecule has 2 aromatic carbocycles. The van der Waals surface area contributed by atoms with Crippen molar-refractivity contribution >= 4 is 17.5 Å². The Morgan fingerprint density at radius 3 is 2.45 bits per heavy atom. The maximum absolute atomic E-state index is 13.8. The van der Waals surface area contributed by atoms with Crippen LogP contribution in [-0.4, -0.2) is 70.6 Å². The average molecular weight is 551 g/mol. The van der Waals surface area contributed by atoms with Gasteiger partial charge in [-0.3, -0.25) is 19.7 Å². The predicted molar refractivity (Wildman–Crippen MR) is 152 cm³/mol. The number of nitro groups is 1. The molecule has 0 unspecified atom stereocenters. The van der Waals surface area contributed by atoms with E-state index >= 15 is 0 Å². The molecule has 10 heteroatoms. The molecule has 0 fully saturated rings. The summed E-state index contributed by atoms with van der Waals surface area (Å²) in [6.07, 6.45) is 1.97. The molecule has 10 nitrogen and oxygen atoms in total. The SMILES string of the molecule is COCCN(CC(=O)N(Cc1cccn1Cc1cccc(OC)c1)C(C)(C)C)C(=O)c1ccc(C)c([N+](=O)[O-])c1. The first-order valence-electron chi connectivity index (χ1n) is 13.0. The summed E-state index contributed by atoms with van der Waals surface area (Å²) in [5.74, 6) is 0.0638. The van der Waals surface area contributed by atoms with Crippen LogP contribution in [-0.2, 0) is 22.6 Å². The van der Waals surface area contributed by atoms with Gasteiger partial charge in [-0.1, -0.05) is 18.2 Å². The molecule has 0 N–H and O–H groups in total. The number of nitro benzene ring substituents is 1. The molecule has 1 aromatic heterocycles. The van der Waals surface area contributed by atoms with E-state index in [2.05, 4.69) is 4.57 Å². The second-order valence-electron chi connectivity index (χ2n) is 10.6. The van der Waals surface area contributed by atoms with Crippen LogP contribution in [0.3, 0.4) is 0 Å². The molecule has 2 amide bonds. The number of hydrogen-bond donors (Lipinski definition) is 0. The maximum atomic E-state index is 13.8. The maximum Gasteiger partial charge on any atom is 0.273 e. The van der Waals surface area contributed by atoms with Gasteiger partial charge in [0.1, 0.15) is 12.3 Å². The van der Waals surface area contributed by atoms with Gasteiger partial charge in [0, 0.05) is 54.8 Å². The summed E-state index contributed by atoms with van der Waals surface area (Å²) < 4.78 is 12.6. The summed E-state index contributed by atoms with van der Waals surface area (Å²) in [7, 11) is 3.15. The molecular formula is C30H38N4O6. The molecule has 40 heavy (non-hydrogen) atoms. The standard InChI is InChI=1S/C30H38N4O6/c1-22-12-13-24(18-27(22)34(37)38)29(36)32(15-16-39-5)21-28(35)33(30(2,3)4)20-25-10-8-14-31(25)19-23-9-7-11-26(17-23)40-6/h7-14,17-18H,15-16,19-21H2,1-6H3. The lowest BCUT2D eigenvalue weighted by molar-refractivity contribution is -0.385. The van der Waals surface area contributed by atoms with E-state index in [1.165, 1.54) is 18.1 Å². The zero-order chi connectivity index (χ0) is 29.4. The van der Waals surface area contributed by atoms with Gasteiger partial charge in [-0.05, 0) is 63.6 Å². The summed E-state index contributed by atoms with van der Waals surface area (Å²) in [6, 6.07) is 16.1. The number of nitrogens with zero attached hydrogens (tertiary/aromatic N) is 4. The van der Waals surface area contributed by atoms with Gasteiger partial charge in [-0.2, -0.15) is 0 Å². The number of carbonyl (C=O) groups excluding carboxylic acids is 2. The largest absolute Gasteiger partial charge is 0.497 e. The number of amides is 2. The monoisotopic (exact) mass is 550 g/mol. The molecule has 3 rings (SSSR count). The van der Waals surface area contributed by atoms with Gasteiger partial charge in [0.05, 0.1) is 25.2 Å². The molecule has 0 aliphatic heterocycles. The van der Waals surface area contributed by atoms with Crippen LogP contribution in [0.15, 0.2) is 60.8 Å². The molecule has 0 aliphatic rings. The fourth-order valence-corrected chi connectivity index (χ4v) is 4.40. The second kappa shape index (κ2) is 13.3. The van der Waals surface area contributed by atoms with Crippen LogP contribution in [0.25, 0.3) is 0 Å².